The van der Waals surface area contributed by atoms with Crippen LogP contribution in [-0.4, -0.2) is 48.8 Å². The van der Waals surface area contributed by atoms with Crippen molar-refractivity contribution in [2.75, 3.05) is 28.3 Å². The second-order valence-electron chi connectivity index (χ2n) is 8.17. The zero-order valence-electron chi connectivity index (χ0n) is 18.0. The number of aliphatic imine (C=N–C) groups is 1. The summed E-state index contributed by atoms with van der Waals surface area (Å²) in [6.07, 6.45) is 0.900. The Balaban J connectivity index is 1.58. The second-order valence-corrected chi connectivity index (χ2v) is 11.5. The van der Waals surface area contributed by atoms with Gasteiger partial charge in [0.1, 0.15) is 6.54 Å². The van der Waals surface area contributed by atoms with Crippen LogP contribution < -0.4 is 10.2 Å². The first kappa shape index (κ1) is 21.9. The predicted molar refractivity (Wildman–Crippen MR) is 129 cm³/mol. The Morgan fingerprint density at radius 1 is 1.16 bits per heavy atom. The van der Waals surface area contributed by atoms with Crippen LogP contribution in [0, 0.1) is 13.8 Å². The van der Waals surface area contributed by atoms with Crippen LogP contribution >= 0.6 is 11.8 Å². The molecule has 0 unspecified atom stereocenters. The minimum atomic E-state index is -3.03. The third-order valence-corrected chi connectivity index (χ3v) is 9.01. The van der Waals surface area contributed by atoms with Crippen molar-refractivity contribution in [1.29, 1.82) is 0 Å². The molecule has 6 nitrogen and oxygen atoms in total. The number of rotatable bonds is 5. The maximum Gasteiger partial charge on any atom is 0.244 e. The van der Waals surface area contributed by atoms with Crippen LogP contribution in [0.5, 0.6) is 0 Å². The number of nitrogens with one attached hydrogen (secondary N) is 1. The number of benzene rings is 2. The number of hydrogen-bond donors (Lipinski definition) is 1. The highest BCUT2D eigenvalue weighted by Crippen LogP contribution is 2.37. The standard InChI is InChI=1S/C23H27N3O3S2/c1-4-17-6-5-7-18(11-17)24-22(27)12-26(19-9-8-15(2)16(3)10-19)23-25-20-13-31(28,29)14-21(20)30-23/h5-11,20-21H,4,12-14H2,1-3H3,(H,24,27)/t20-,21-/m1/s1. The second kappa shape index (κ2) is 8.67. The minimum absolute atomic E-state index is 0.0710. The molecule has 31 heavy (non-hydrogen) atoms. The van der Waals surface area contributed by atoms with Crippen molar-refractivity contribution < 1.29 is 13.2 Å². The van der Waals surface area contributed by atoms with E-state index in [1.54, 1.807) is 0 Å². The van der Waals surface area contributed by atoms with E-state index in [0.717, 1.165) is 28.9 Å². The molecule has 4 rings (SSSR count). The normalized spacial score (nSPS) is 21.5. The molecule has 2 atom stereocenters. The number of anilines is 2. The molecule has 2 aliphatic rings. The molecule has 2 aromatic rings. The third kappa shape index (κ3) is 4.96. The van der Waals surface area contributed by atoms with E-state index < -0.39 is 9.84 Å². The van der Waals surface area contributed by atoms with Crippen molar-refractivity contribution in [3.8, 4) is 0 Å². The molecule has 1 amide bonds. The fourth-order valence-corrected chi connectivity index (χ4v) is 7.63. The van der Waals surface area contributed by atoms with Crippen molar-refractivity contribution in [2.45, 2.75) is 38.5 Å². The molecule has 0 saturated carbocycles. The first-order chi connectivity index (χ1) is 14.7. The van der Waals surface area contributed by atoms with E-state index in [1.807, 2.05) is 61.2 Å². The molecule has 2 aromatic carbocycles. The van der Waals surface area contributed by atoms with Gasteiger partial charge in [-0.2, -0.15) is 0 Å². The maximum absolute atomic E-state index is 12.9. The van der Waals surface area contributed by atoms with Gasteiger partial charge in [0.2, 0.25) is 5.91 Å². The van der Waals surface area contributed by atoms with Gasteiger partial charge in [-0.1, -0.05) is 36.9 Å². The summed E-state index contributed by atoms with van der Waals surface area (Å²) in [5.74, 6) is 0.0938. The van der Waals surface area contributed by atoms with Crippen LogP contribution in [-0.2, 0) is 21.1 Å². The lowest BCUT2D eigenvalue weighted by Crippen LogP contribution is -2.36. The van der Waals surface area contributed by atoms with Gasteiger partial charge in [0.15, 0.2) is 15.0 Å². The van der Waals surface area contributed by atoms with Crippen LogP contribution in [0.4, 0.5) is 11.4 Å². The highest BCUT2D eigenvalue weighted by molar-refractivity contribution is 8.15. The van der Waals surface area contributed by atoms with Crippen molar-refractivity contribution >= 4 is 44.0 Å². The van der Waals surface area contributed by atoms with Crippen molar-refractivity contribution in [3.63, 3.8) is 0 Å². The number of carbonyl (C=O) groups excluding carboxylic acids is 1. The maximum atomic E-state index is 12.9. The molecule has 1 N–H and O–H groups in total. The fourth-order valence-electron chi connectivity index (χ4n) is 3.85. The van der Waals surface area contributed by atoms with E-state index >= 15 is 0 Å². The number of amides is 1. The summed E-state index contributed by atoms with van der Waals surface area (Å²) < 4.78 is 23.9. The van der Waals surface area contributed by atoms with Crippen LogP contribution in [0.15, 0.2) is 47.5 Å². The van der Waals surface area contributed by atoms with Gasteiger partial charge in [0, 0.05) is 16.6 Å². The Labute approximate surface area is 188 Å². The highest BCUT2D eigenvalue weighted by atomic mass is 32.2. The van der Waals surface area contributed by atoms with E-state index in [-0.39, 0.29) is 35.2 Å². The molecule has 1 fully saturated rings. The summed E-state index contributed by atoms with van der Waals surface area (Å²) in [7, 11) is -3.03. The zero-order valence-corrected chi connectivity index (χ0v) is 19.6. The van der Waals surface area contributed by atoms with Crippen LogP contribution in [0.1, 0.15) is 23.6 Å². The molecular weight excluding hydrogens is 430 g/mol. The average molecular weight is 458 g/mol. The molecule has 8 heteroatoms. The quantitative estimate of drug-likeness (QED) is 0.743. The molecule has 2 aliphatic heterocycles. The molecule has 0 aromatic heterocycles. The summed E-state index contributed by atoms with van der Waals surface area (Å²) in [5, 5.41) is 3.63. The Bertz CT molecular complexity index is 1140. The van der Waals surface area contributed by atoms with Gasteiger partial charge in [-0.25, -0.2) is 8.42 Å². The highest BCUT2D eigenvalue weighted by Gasteiger charge is 2.44. The Morgan fingerprint density at radius 2 is 1.97 bits per heavy atom. The van der Waals surface area contributed by atoms with Gasteiger partial charge < -0.3 is 10.2 Å². The molecule has 164 valence electrons. The number of fused-ring (bicyclic) bond motifs is 1. The molecule has 2 heterocycles. The lowest BCUT2D eigenvalue weighted by molar-refractivity contribution is -0.114. The molecular formula is C23H27N3O3S2. The lowest BCUT2D eigenvalue weighted by Gasteiger charge is -2.25. The van der Waals surface area contributed by atoms with Gasteiger partial charge in [0.05, 0.1) is 17.5 Å². The molecule has 0 radical (unpaired) electrons. The van der Waals surface area contributed by atoms with Crippen molar-refractivity contribution in [2.24, 2.45) is 4.99 Å². The van der Waals surface area contributed by atoms with Crippen LogP contribution in [0.3, 0.4) is 0 Å². The zero-order chi connectivity index (χ0) is 22.2. The monoisotopic (exact) mass is 457 g/mol. The number of hydrogen-bond acceptors (Lipinski definition) is 6. The number of carbonyl (C=O) groups is 1. The van der Waals surface area contributed by atoms with Crippen molar-refractivity contribution in [1.82, 2.24) is 0 Å². The molecule has 0 spiro atoms. The van der Waals surface area contributed by atoms with Crippen LogP contribution in [0.2, 0.25) is 0 Å². The summed E-state index contributed by atoms with van der Waals surface area (Å²) in [6.45, 7) is 6.28. The number of amidine groups is 1. The first-order valence-corrected chi connectivity index (χ1v) is 13.1. The van der Waals surface area contributed by atoms with E-state index in [1.165, 1.54) is 17.3 Å². The summed E-state index contributed by atoms with van der Waals surface area (Å²) in [4.78, 5) is 19.6. The summed E-state index contributed by atoms with van der Waals surface area (Å²) >= 11 is 1.47. The van der Waals surface area contributed by atoms with E-state index in [9.17, 15) is 13.2 Å². The van der Waals surface area contributed by atoms with E-state index in [4.69, 9.17) is 4.99 Å². The van der Waals surface area contributed by atoms with Gasteiger partial charge in [-0.05, 0) is 61.2 Å². The minimum Gasteiger partial charge on any atom is -0.325 e. The topological polar surface area (TPSA) is 78.8 Å². The smallest absolute Gasteiger partial charge is 0.244 e. The molecule has 0 aliphatic carbocycles. The van der Waals surface area contributed by atoms with Gasteiger partial charge in [-0.3, -0.25) is 9.79 Å². The SMILES string of the molecule is CCc1cccc(NC(=O)CN(C2=N[C@@H]3CS(=O)(=O)C[C@H]3S2)c2ccc(C)c(C)c2)c1. The summed E-state index contributed by atoms with van der Waals surface area (Å²) in [6, 6.07) is 13.7. The number of nitrogens with zero attached hydrogens (tertiary/aromatic N) is 2. The largest absolute Gasteiger partial charge is 0.325 e. The number of sulfone groups is 1. The van der Waals surface area contributed by atoms with Gasteiger partial charge >= 0.3 is 0 Å². The predicted octanol–water partition coefficient (Wildman–Crippen LogP) is 3.58. The summed E-state index contributed by atoms with van der Waals surface area (Å²) in [5.41, 5.74) is 5.12. The van der Waals surface area contributed by atoms with Crippen molar-refractivity contribution in [3.05, 3.63) is 59.2 Å². The molecule has 1 saturated heterocycles. The number of aryl methyl sites for hydroxylation is 3. The molecule has 0 bridgehead atoms. The van der Waals surface area contributed by atoms with Gasteiger partial charge in [-0.15, -0.1) is 0 Å². The third-order valence-electron chi connectivity index (χ3n) is 5.76. The lowest BCUT2D eigenvalue weighted by atomic mass is 10.1. The Kier molecular flexibility index (Phi) is 6.12. The Hall–Kier alpha value is -2.32. The first-order valence-electron chi connectivity index (χ1n) is 10.4. The fraction of sp³-hybridized carbons (Fsp3) is 0.391. The van der Waals surface area contributed by atoms with Gasteiger partial charge in [0.25, 0.3) is 0 Å². The van der Waals surface area contributed by atoms with Crippen LogP contribution in [0.25, 0.3) is 0 Å². The van der Waals surface area contributed by atoms with E-state index in [2.05, 4.69) is 12.2 Å². The average Bonchev–Trinajstić information content (AvgIpc) is 3.22. The van der Waals surface area contributed by atoms with E-state index in [0.29, 0.717) is 5.17 Å². The number of thioether (sulfide) groups is 1. The Morgan fingerprint density at radius 3 is 2.68 bits per heavy atom.